The van der Waals surface area contributed by atoms with Crippen molar-refractivity contribution in [2.75, 3.05) is 12.8 Å². The molecule has 1 aliphatic heterocycles. The predicted molar refractivity (Wildman–Crippen MR) is 84.6 cm³/mol. The molecule has 4 unspecified atom stereocenters. The maximum absolute atomic E-state index is 12.8. The second-order valence-electron chi connectivity index (χ2n) is 5.77. The van der Waals surface area contributed by atoms with E-state index < -0.39 is 24.9 Å². The Hall–Kier alpha value is -1.16. The van der Waals surface area contributed by atoms with Crippen molar-refractivity contribution < 1.29 is 24.1 Å². The number of benzene rings is 1. The lowest BCUT2D eigenvalue weighted by Crippen LogP contribution is -2.28. The van der Waals surface area contributed by atoms with E-state index in [1.54, 1.807) is 30.3 Å². The van der Waals surface area contributed by atoms with E-state index in [9.17, 15) is 19.4 Å². The summed E-state index contributed by atoms with van der Waals surface area (Å²) in [4.78, 5) is 22.1. The first-order chi connectivity index (χ1) is 10.5. The lowest BCUT2D eigenvalue weighted by Gasteiger charge is -2.28. The molecule has 22 heavy (non-hydrogen) atoms. The molecule has 0 amide bonds. The zero-order valence-corrected chi connectivity index (χ0v) is 13.6. The molecule has 2 N–H and O–H groups in total. The van der Waals surface area contributed by atoms with E-state index in [4.69, 9.17) is 4.74 Å². The number of carbonyl (C=O) groups is 1. The second kappa shape index (κ2) is 7.40. The van der Waals surface area contributed by atoms with E-state index >= 15 is 0 Å². The summed E-state index contributed by atoms with van der Waals surface area (Å²) in [7, 11) is -3.63. The highest BCUT2D eigenvalue weighted by molar-refractivity contribution is 7.58. The van der Waals surface area contributed by atoms with Crippen LogP contribution in [0.3, 0.4) is 0 Å². The molecular formula is C16H23O5P. The molecule has 0 bridgehead atoms. The molecule has 1 aromatic carbocycles. The molecule has 1 aliphatic rings. The van der Waals surface area contributed by atoms with Gasteiger partial charge < -0.3 is 14.7 Å². The van der Waals surface area contributed by atoms with Gasteiger partial charge in [0.1, 0.15) is 0 Å². The van der Waals surface area contributed by atoms with Gasteiger partial charge in [0, 0.05) is 12.8 Å². The van der Waals surface area contributed by atoms with Crippen LogP contribution in [0.15, 0.2) is 30.3 Å². The van der Waals surface area contributed by atoms with Crippen molar-refractivity contribution >= 4 is 13.3 Å². The first-order valence-electron chi connectivity index (χ1n) is 7.66. The first kappa shape index (κ1) is 17.2. The van der Waals surface area contributed by atoms with Crippen LogP contribution in [0, 0.1) is 0 Å². The average Bonchev–Trinajstić information content (AvgIpc) is 3.00. The van der Waals surface area contributed by atoms with E-state index in [0.29, 0.717) is 18.6 Å². The van der Waals surface area contributed by atoms with Crippen LogP contribution in [0.4, 0.5) is 0 Å². The van der Waals surface area contributed by atoms with Crippen molar-refractivity contribution in [2.45, 2.75) is 43.9 Å². The number of carboxylic acids is 1. The highest BCUT2D eigenvalue weighted by Crippen LogP contribution is 2.53. The third-order valence-corrected chi connectivity index (χ3v) is 6.90. The molecular weight excluding hydrogens is 303 g/mol. The van der Waals surface area contributed by atoms with Crippen molar-refractivity contribution in [3.63, 3.8) is 0 Å². The third kappa shape index (κ3) is 3.97. The number of rotatable bonds is 7. The summed E-state index contributed by atoms with van der Waals surface area (Å²) in [5.41, 5.74) is 0.0760. The minimum atomic E-state index is -3.63. The van der Waals surface area contributed by atoms with Crippen molar-refractivity contribution in [2.24, 2.45) is 0 Å². The van der Waals surface area contributed by atoms with Crippen molar-refractivity contribution in [1.29, 1.82) is 0 Å². The maximum Gasteiger partial charge on any atom is 0.311 e. The van der Waals surface area contributed by atoms with E-state index in [2.05, 4.69) is 0 Å². The Morgan fingerprint density at radius 2 is 2.09 bits per heavy atom. The SMILES string of the molecule is CCC(C1CCCO1)P(=O)(O)CC(C(=O)O)c1ccccc1. The summed E-state index contributed by atoms with van der Waals surface area (Å²) in [5, 5.41) is 9.45. The number of hydrogen-bond acceptors (Lipinski definition) is 3. The lowest BCUT2D eigenvalue weighted by atomic mass is 10.0. The molecule has 0 radical (unpaired) electrons. The molecule has 1 saturated heterocycles. The van der Waals surface area contributed by atoms with Crippen molar-refractivity contribution in [3.8, 4) is 0 Å². The summed E-state index contributed by atoms with van der Waals surface area (Å²) in [6, 6.07) is 8.65. The molecule has 2 rings (SSSR count). The van der Waals surface area contributed by atoms with Gasteiger partial charge in [0.05, 0.1) is 17.7 Å². The summed E-state index contributed by atoms with van der Waals surface area (Å²) in [6.07, 6.45) is 1.70. The van der Waals surface area contributed by atoms with Gasteiger partial charge in [0.2, 0.25) is 7.37 Å². The molecule has 1 fully saturated rings. The fraction of sp³-hybridized carbons (Fsp3) is 0.562. The van der Waals surface area contributed by atoms with Gasteiger partial charge in [-0.1, -0.05) is 37.3 Å². The highest BCUT2D eigenvalue weighted by Gasteiger charge is 2.41. The van der Waals surface area contributed by atoms with Crippen LogP contribution in [0.5, 0.6) is 0 Å². The van der Waals surface area contributed by atoms with Gasteiger partial charge in [-0.2, -0.15) is 0 Å². The van der Waals surface area contributed by atoms with Crippen molar-refractivity contribution in [1.82, 2.24) is 0 Å². The van der Waals surface area contributed by atoms with Gasteiger partial charge in [-0.3, -0.25) is 9.36 Å². The minimum Gasteiger partial charge on any atom is -0.481 e. The fourth-order valence-corrected chi connectivity index (χ4v) is 5.61. The summed E-state index contributed by atoms with van der Waals surface area (Å²) >= 11 is 0. The van der Waals surface area contributed by atoms with E-state index in [-0.39, 0.29) is 12.3 Å². The van der Waals surface area contributed by atoms with Crippen LogP contribution in [0.1, 0.15) is 37.7 Å². The summed E-state index contributed by atoms with van der Waals surface area (Å²) in [5.74, 6) is -2.03. The van der Waals surface area contributed by atoms with E-state index in [1.807, 2.05) is 6.92 Å². The quantitative estimate of drug-likeness (QED) is 0.752. The highest BCUT2D eigenvalue weighted by atomic mass is 31.2. The number of hydrogen-bond donors (Lipinski definition) is 2. The monoisotopic (exact) mass is 326 g/mol. The minimum absolute atomic E-state index is 0.231. The molecule has 5 nitrogen and oxygen atoms in total. The largest absolute Gasteiger partial charge is 0.481 e. The van der Waals surface area contributed by atoms with Crippen LogP contribution in [0.25, 0.3) is 0 Å². The Bertz CT molecular complexity index is 539. The predicted octanol–water partition coefficient (Wildman–Crippen LogP) is 3.08. The summed E-state index contributed by atoms with van der Waals surface area (Å²) in [6.45, 7) is 2.47. The van der Waals surface area contributed by atoms with Gasteiger partial charge in [0.25, 0.3) is 0 Å². The maximum atomic E-state index is 12.8. The van der Waals surface area contributed by atoms with Gasteiger partial charge in [-0.25, -0.2) is 0 Å². The first-order valence-corrected chi connectivity index (χ1v) is 9.58. The van der Waals surface area contributed by atoms with Gasteiger partial charge in [-0.05, 0) is 24.8 Å². The molecule has 0 aromatic heterocycles. The van der Waals surface area contributed by atoms with Crippen LogP contribution < -0.4 is 0 Å². The van der Waals surface area contributed by atoms with Gasteiger partial charge in [0.15, 0.2) is 0 Å². The Kier molecular flexibility index (Phi) is 5.79. The van der Waals surface area contributed by atoms with Crippen LogP contribution in [0.2, 0.25) is 0 Å². The molecule has 4 atom stereocenters. The summed E-state index contributed by atoms with van der Waals surface area (Å²) < 4.78 is 18.4. The third-order valence-electron chi connectivity index (χ3n) is 4.27. The molecule has 1 heterocycles. The molecule has 1 aromatic rings. The van der Waals surface area contributed by atoms with Crippen LogP contribution in [-0.2, 0) is 14.1 Å². The zero-order chi connectivity index (χ0) is 16.2. The lowest BCUT2D eigenvalue weighted by molar-refractivity contribution is -0.138. The number of aliphatic carboxylic acids is 1. The average molecular weight is 326 g/mol. The van der Waals surface area contributed by atoms with E-state index in [0.717, 1.165) is 12.8 Å². The second-order valence-corrected chi connectivity index (χ2v) is 8.31. The molecule has 0 aliphatic carbocycles. The van der Waals surface area contributed by atoms with Crippen molar-refractivity contribution in [3.05, 3.63) is 35.9 Å². The Morgan fingerprint density at radius 1 is 1.41 bits per heavy atom. The topological polar surface area (TPSA) is 83.8 Å². The normalized spacial score (nSPS) is 23.6. The Labute approximate surface area is 130 Å². The smallest absolute Gasteiger partial charge is 0.311 e. The fourth-order valence-electron chi connectivity index (χ4n) is 3.12. The Balaban J connectivity index is 2.20. The van der Waals surface area contributed by atoms with Gasteiger partial charge >= 0.3 is 5.97 Å². The van der Waals surface area contributed by atoms with Crippen LogP contribution >= 0.6 is 7.37 Å². The zero-order valence-electron chi connectivity index (χ0n) is 12.7. The van der Waals surface area contributed by atoms with Gasteiger partial charge in [-0.15, -0.1) is 0 Å². The molecule has 0 saturated carbocycles. The number of carboxylic acid groups (broad SMARTS) is 1. The van der Waals surface area contributed by atoms with E-state index in [1.165, 1.54) is 0 Å². The molecule has 6 heteroatoms. The standard InChI is InChI=1S/C16H23O5P/c1-2-15(14-9-6-10-21-14)22(19,20)11-13(16(17)18)12-7-4-3-5-8-12/h3-5,7-8,13-15H,2,6,9-11H2,1H3,(H,17,18)(H,19,20). The Morgan fingerprint density at radius 3 is 2.59 bits per heavy atom. The molecule has 0 spiro atoms. The molecule has 122 valence electrons. The number of ether oxygens (including phenoxy) is 1. The van der Waals surface area contributed by atoms with Crippen LogP contribution in [-0.4, -0.2) is 40.5 Å².